The Morgan fingerprint density at radius 3 is 2.59 bits per heavy atom. The van der Waals surface area contributed by atoms with Gasteiger partial charge in [-0.2, -0.15) is 20.7 Å². The number of aryl methyl sites for hydroxylation is 1. The molecule has 3 N–H and O–H groups in total. The van der Waals surface area contributed by atoms with Crippen molar-refractivity contribution in [3.63, 3.8) is 0 Å². The van der Waals surface area contributed by atoms with Crippen LogP contribution in [-0.2, 0) is 10.0 Å². The maximum atomic E-state index is 12.8. The van der Waals surface area contributed by atoms with Gasteiger partial charge in [-0.3, -0.25) is 4.72 Å². The lowest BCUT2D eigenvalue weighted by molar-refractivity contribution is 0.601. The molecule has 27 heavy (non-hydrogen) atoms. The Morgan fingerprint density at radius 1 is 1.15 bits per heavy atom. The number of sulfonamides is 1. The highest BCUT2D eigenvalue weighted by Gasteiger charge is 2.18. The molecule has 4 rings (SSSR count). The molecule has 0 aliphatic heterocycles. The quantitative estimate of drug-likeness (QED) is 0.503. The molecule has 0 unspecified atom stereocenters. The number of hydrogen-bond acceptors (Lipinski definition) is 5. The summed E-state index contributed by atoms with van der Waals surface area (Å²) in [7, 11) is -3.80. The van der Waals surface area contributed by atoms with Gasteiger partial charge in [0.25, 0.3) is 10.0 Å². The van der Waals surface area contributed by atoms with Crippen LogP contribution >= 0.6 is 0 Å². The molecule has 0 saturated heterocycles. The van der Waals surface area contributed by atoms with E-state index in [1.54, 1.807) is 36.7 Å². The molecule has 0 fully saturated rings. The summed E-state index contributed by atoms with van der Waals surface area (Å²) in [5.74, 6) is 0. The zero-order valence-electron chi connectivity index (χ0n) is 14.2. The highest BCUT2D eigenvalue weighted by molar-refractivity contribution is 7.92. The summed E-state index contributed by atoms with van der Waals surface area (Å²) in [5.41, 5.74) is 3.71. The molecule has 0 radical (unpaired) electrons. The molecular formula is C18H14N6O2S. The number of nitrogens with zero attached hydrogens (tertiary/aromatic N) is 3. The van der Waals surface area contributed by atoms with E-state index < -0.39 is 10.0 Å². The number of fused-ring (bicyclic) bond motifs is 1. The van der Waals surface area contributed by atoms with Gasteiger partial charge in [0.05, 0.1) is 27.9 Å². The topological polar surface area (TPSA) is 127 Å². The number of aromatic amines is 2. The smallest absolute Gasteiger partial charge is 0.261 e. The van der Waals surface area contributed by atoms with E-state index in [9.17, 15) is 13.7 Å². The van der Waals surface area contributed by atoms with Crippen LogP contribution in [0.25, 0.3) is 22.2 Å². The van der Waals surface area contributed by atoms with Gasteiger partial charge in [0.15, 0.2) is 0 Å². The van der Waals surface area contributed by atoms with E-state index in [4.69, 9.17) is 0 Å². The number of anilines is 1. The third-order valence-corrected chi connectivity index (χ3v) is 5.67. The summed E-state index contributed by atoms with van der Waals surface area (Å²) in [4.78, 5) is 3.10. The number of rotatable bonds is 4. The van der Waals surface area contributed by atoms with Crippen molar-refractivity contribution in [3.8, 4) is 17.3 Å². The zero-order valence-corrected chi connectivity index (χ0v) is 15.0. The van der Waals surface area contributed by atoms with Crippen LogP contribution in [0.1, 0.15) is 11.1 Å². The Bertz CT molecular complexity index is 1270. The summed E-state index contributed by atoms with van der Waals surface area (Å²) in [6.45, 7) is 1.87. The van der Waals surface area contributed by atoms with Crippen LogP contribution in [0.4, 0.5) is 5.69 Å². The molecule has 9 heteroatoms. The first kappa shape index (κ1) is 16.8. The predicted molar refractivity (Wildman–Crippen MR) is 100 cm³/mol. The summed E-state index contributed by atoms with van der Waals surface area (Å²) >= 11 is 0. The first-order valence-electron chi connectivity index (χ1n) is 7.99. The van der Waals surface area contributed by atoms with E-state index >= 15 is 0 Å². The van der Waals surface area contributed by atoms with Crippen LogP contribution < -0.4 is 4.72 Å². The number of aromatic nitrogens is 4. The lowest BCUT2D eigenvalue weighted by Crippen LogP contribution is -2.13. The van der Waals surface area contributed by atoms with Crippen LogP contribution in [0.3, 0.4) is 0 Å². The summed E-state index contributed by atoms with van der Waals surface area (Å²) < 4.78 is 28.2. The fourth-order valence-electron chi connectivity index (χ4n) is 2.94. The highest BCUT2D eigenvalue weighted by Crippen LogP contribution is 2.30. The van der Waals surface area contributed by atoms with Crippen LogP contribution in [0.5, 0.6) is 0 Å². The highest BCUT2D eigenvalue weighted by atomic mass is 32.2. The maximum absolute atomic E-state index is 12.8. The minimum atomic E-state index is -3.80. The summed E-state index contributed by atoms with van der Waals surface area (Å²) in [5, 5.41) is 20.2. The molecule has 0 spiro atoms. The third-order valence-electron chi connectivity index (χ3n) is 4.28. The molecule has 0 bridgehead atoms. The molecule has 134 valence electrons. The lowest BCUT2D eigenvalue weighted by Gasteiger charge is -2.10. The second-order valence-corrected chi connectivity index (χ2v) is 7.66. The van der Waals surface area contributed by atoms with E-state index in [1.165, 1.54) is 12.1 Å². The van der Waals surface area contributed by atoms with Gasteiger partial charge in [-0.05, 0) is 30.7 Å². The van der Waals surface area contributed by atoms with Crippen molar-refractivity contribution in [1.29, 1.82) is 5.26 Å². The molecule has 8 nitrogen and oxygen atoms in total. The number of benzene rings is 2. The van der Waals surface area contributed by atoms with Gasteiger partial charge in [-0.15, -0.1) is 0 Å². The normalized spacial score (nSPS) is 11.4. The Balaban J connectivity index is 1.70. The van der Waals surface area contributed by atoms with Crippen molar-refractivity contribution in [2.75, 3.05) is 4.72 Å². The molecule has 0 aliphatic rings. The van der Waals surface area contributed by atoms with E-state index in [1.807, 2.05) is 6.92 Å². The summed E-state index contributed by atoms with van der Waals surface area (Å²) in [6.07, 6.45) is 3.13. The Labute approximate surface area is 154 Å². The number of H-pyrrole nitrogens is 2. The van der Waals surface area contributed by atoms with Crippen molar-refractivity contribution in [3.05, 3.63) is 59.9 Å². The van der Waals surface area contributed by atoms with Crippen LogP contribution in [0.2, 0.25) is 0 Å². The third kappa shape index (κ3) is 2.92. The lowest BCUT2D eigenvalue weighted by atomic mass is 10.1. The molecular weight excluding hydrogens is 364 g/mol. The SMILES string of the molecule is Cc1ccc(NS(=O)(=O)c2ccc(-c3cn[nH]n3)cc2)c2[nH]cc(C#N)c12. The van der Waals surface area contributed by atoms with Crippen LogP contribution in [-0.4, -0.2) is 28.8 Å². The van der Waals surface area contributed by atoms with Gasteiger partial charge in [-0.1, -0.05) is 18.2 Å². The Kier molecular flexibility index (Phi) is 3.90. The molecule has 2 heterocycles. The maximum Gasteiger partial charge on any atom is 0.261 e. The molecule has 0 aliphatic carbocycles. The fraction of sp³-hybridized carbons (Fsp3) is 0.0556. The average molecular weight is 378 g/mol. The second kappa shape index (κ2) is 6.26. The van der Waals surface area contributed by atoms with E-state index in [0.29, 0.717) is 27.8 Å². The van der Waals surface area contributed by atoms with E-state index in [-0.39, 0.29) is 4.90 Å². The van der Waals surface area contributed by atoms with Gasteiger partial charge in [0.2, 0.25) is 0 Å². The average Bonchev–Trinajstić information content (AvgIpc) is 3.34. The monoisotopic (exact) mass is 378 g/mol. The van der Waals surface area contributed by atoms with Gasteiger partial charge in [0.1, 0.15) is 11.8 Å². The second-order valence-electron chi connectivity index (χ2n) is 5.98. The van der Waals surface area contributed by atoms with Crippen molar-refractivity contribution in [1.82, 2.24) is 20.4 Å². The standard InChI is InChI=1S/C18H14N6O2S/c1-11-2-7-15(18-17(11)13(8-19)9-20-18)23-27(25,26)14-5-3-12(4-6-14)16-10-21-24-22-16/h2-7,9-10,20,23H,1H3,(H,21,22,24). The number of hydrogen-bond donors (Lipinski definition) is 3. The van der Waals surface area contributed by atoms with Crippen molar-refractivity contribution in [2.24, 2.45) is 0 Å². The minimum Gasteiger partial charge on any atom is -0.358 e. The fourth-order valence-corrected chi connectivity index (χ4v) is 4.01. The molecule has 4 aromatic rings. The van der Waals surface area contributed by atoms with Gasteiger partial charge < -0.3 is 4.98 Å². The molecule has 2 aromatic carbocycles. The van der Waals surface area contributed by atoms with Crippen LogP contribution in [0, 0.1) is 18.3 Å². The first-order chi connectivity index (χ1) is 13.0. The van der Waals surface area contributed by atoms with E-state index in [0.717, 1.165) is 11.1 Å². The molecule has 2 aromatic heterocycles. The molecule has 0 atom stereocenters. The Hall–Kier alpha value is -3.64. The zero-order chi connectivity index (χ0) is 19.0. The first-order valence-corrected chi connectivity index (χ1v) is 9.48. The predicted octanol–water partition coefficient (Wildman–Crippen LogP) is 2.93. The van der Waals surface area contributed by atoms with Crippen molar-refractivity contribution >= 4 is 26.6 Å². The van der Waals surface area contributed by atoms with Gasteiger partial charge in [0, 0.05) is 17.1 Å². The van der Waals surface area contributed by atoms with Crippen LogP contribution in [0.15, 0.2) is 53.7 Å². The minimum absolute atomic E-state index is 0.121. The molecule has 0 amide bonds. The number of nitriles is 1. The van der Waals surface area contributed by atoms with Gasteiger partial charge >= 0.3 is 0 Å². The summed E-state index contributed by atoms with van der Waals surface area (Å²) in [6, 6.07) is 11.9. The number of nitrogens with one attached hydrogen (secondary N) is 3. The van der Waals surface area contributed by atoms with Crippen molar-refractivity contribution in [2.45, 2.75) is 11.8 Å². The Morgan fingerprint density at radius 2 is 1.93 bits per heavy atom. The largest absolute Gasteiger partial charge is 0.358 e. The van der Waals surface area contributed by atoms with Crippen molar-refractivity contribution < 1.29 is 8.42 Å². The molecule has 0 saturated carbocycles. The van der Waals surface area contributed by atoms with E-state index in [2.05, 4.69) is 31.2 Å². The van der Waals surface area contributed by atoms with Gasteiger partial charge in [-0.25, -0.2) is 8.42 Å².